The molecule has 1 rings (SSSR count). The second-order valence-electron chi connectivity index (χ2n) is 3.71. The number of hydrogen-bond acceptors (Lipinski definition) is 4. The van der Waals surface area contributed by atoms with Gasteiger partial charge in [-0.05, 0) is 6.92 Å². The first-order valence-corrected chi connectivity index (χ1v) is 6.64. The molecule has 1 atom stereocenters. The van der Waals surface area contributed by atoms with Crippen molar-refractivity contribution in [3.8, 4) is 0 Å². The van der Waals surface area contributed by atoms with E-state index in [2.05, 4.69) is 5.32 Å². The van der Waals surface area contributed by atoms with E-state index in [9.17, 15) is 13.2 Å². The van der Waals surface area contributed by atoms with E-state index in [1.165, 1.54) is 0 Å². The quantitative estimate of drug-likeness (QED) is 0.708. The van der Waals surface area contributed by atoms with E-state index in [1.54, 1.807) is 4.90 Å². The average molecular weight is 257 g/mol. The van der Waals surface area contributed by atoms with Crippen molar-refractivity contribution in [3.05, 3.63) is 0 Å². The summed E-state index contributed by atoms with van der Waals surface area (Å²) in [6.45, 7) is 3.97. The molecular formula is C8H17ClN2O3S. The van der Waals surface area contributed by atoms with Crippen molar-refractivity contribution in [2.75, 3.05) is 31.6 Å². The number of hydrogen-bond donors (Lipinski definition) is 1. The van der Waals surface area contributed by atoms with Gasteiger partial charge in [-0.1, -0.05) is 0 Å². The highest BCUT2D eigenvalue weighted by Gasteiger charge is 2.24. The summed E-state index contributed by atoms with van der Waals surface area (Å²) in [5, 5.41) is 3.14. The van der Waals surface area contributed by atoms with Gasteiger partial charge in [0, 0.05) is 31.9 Å². The molecule has 7 heteroatoms. The first-order valence-electron chi connectivity index (χ1n) is 4.58. The fourth-order valence-electron chi connectivity index (χ4n) is 1.52. The summed E-state index contributed by atoms with van der Waals surface area (Å²) in [7, 11) is -3.21. The molecule has 0 saturated carbocycles. The molecule has 1 aliphatic heterocycles. The van der Waals surface area contributed by atoms with Crippen LogP contribution in [-0.4, -0.2) is 56.9 Å². The van der Waals surface area contributed by atoms with E-state index in [-0.39, 0.29) is 30.1 Å². The molecule has 0 spiro atoms. The summed E-state index contributed by atoms with van der Waals surface area (Å²) in [5.74, 6) is -0.668. The highest BCUT2D eigenvalue weighted by Crippen LogP contribution is 2.03. The van der Waals surface area contributed by atoms with Gasteiger partial charge >= 0.3 is 0 Å². The smallest absolute Gasteiger partial charge is 0.238 e. The third kappa shape index (κ3) is 4.81. The summed E-state index contributed by atoms with van der Waals surface area (Å²) < 4.78 is 21.9. The van der Waals surface area contributed by atoms with Crippen molar-refractivity contribution < 1.29 is 13.2 Å². The Bertz CT molecular complexity index is 318. The third-order valence-electron chi connectivity index (χ3n) is 2.21. The Morgan fingerprint density at radius 1 is 1.53 bits per heavy atom. The van der Waals surface area contributed by atoms with Crippen molar-refractivity contribution in [1.29, 1.82) is 0 Å². The van der Waals surface area contributed by atoms with E-state index in [1.807, 2.05) is 6.92 Å². The molecule has 0 radical (unpaired) electrons. The van der Waals surface area contributed by atoms with Gasteiger partial charge in [-0.25, -0.2) is 8.42 Å². The van der Waals surface area contributed by atoms with Crippen molar-refractivity contribution in [2.45, 2.75) is 13.0 Å². The lowest BCUT2D eigenvalue weighted by Gasteiger charge is -2.33. The topological polar surface area (TPSA) is 66.5 Å². The van der Waals surface area contributed by atoms with Crippen LogP contribution in [0.1, 0.15) is 6.92 Å². The summed E-state index contributed by atoms with van der Waals surface area (Å²) in [4.78, 5) is 13.2. The van der Waals surface area contributed by atoms with Gasteiger partial charge in [0.05, 0.1) is 0 Å². The molecule has 0 aromatic carbocycles. The van der Waals surface area contributed by atoms with Crippen LogP contribution in [0.5, 0.6) is 0 Å². The molecule has 15 heavy (non-hydrogen) atoms. The minimum absolute atomic E-state index is 0. The van der Waals surface area contributed by atoms with Gasteiger partial charge in [0.15, 0.2) is 9.84 Å². The molecule has 5 nitrogen and oxygen atoms in total. The highest BCUT2D eigenvalue weighted by atomic mass is 35.5. The number of piperazine rings is 1. The Morgan fingerprint density at radius 3 is 2.60 bits per heavy atom. The minimum Gasteiger partial charge on any atom is -0.337 e. The predicted molar refractivity (Wildman–Crippen MR) is 61.0 cm³/mol. The van der Waals surface area contributed by atoms with Crippen LogP contribution >= 0.6 is 12.4 Å². The van der Waals surface area contributed by atoms with Crippen LogP contribution < -0.4 is 5.32 Å². The van der Waals surface area contributed by atoms with Crippen molar-refractivity contribution in [1.82, 2.24) is 10.2 Å². The number of carbonyl (C=O) groups is 1. The summed E-state index contributed by atoms with van der Waals surface area (Å²) in [6, 6.07) is 0.0815. The van der Waals surface area contributed by atoms with Crippen LogP contribution in [0.2, 0.25) is 0 Å². The maximum atomic E-state index is 11.5. The molecule has 90 valence electrons. The molecule has 1 aliphatic rings. The second kappa shape index (κ2) is 5.67. The van der Waals surface area contributed by atoms with E-state index in [0.29, 0.717) is 6.54 Å². The molecule has 0 aliphatic carbocycles. The van der Waals surface area contributed by atoms with Gasteiger partial charge in [-0.2, -0.15) is 0 Å². The van der Waals surface area contributed by atoms with Gasteiger partial charge < -0.3 is 10.2 Å². The fourth-order valence-corrected chi connectivity index (χ4v) is 2.13. The molecule has 1 amide bonds. The van der Waals surface area contributed by atoms with E-state index in [4.69, 9.17) is 0 Å². The Morgan fingerprint density at radius 2 is 2.13 bits per heavy atom. The van der Waals surface area contributed by atoms with E-state index in [0.717, 1.165) is 19.3 Å². The number of amides is 1. The molecule has 1 heterocycles. The van der Waals surface area contributed by atoms with Crippen molar-refractivity contribution in [2.24, 2.45) is 0 Å². The number of halogens is 1. The lowest BCUT2D eigenvalue weighted by molar-refractivity contribution is -0.131. The van der Waals surface area contributed by atoms with Crippen LogP contribution in [0, 0.1) is 0 Å². The first-order chi connectivity index (χ1) is 6.40. The molecule has 0 aromatic heterocycles. The van der Waals surface area contributed by atoms with Gasteiger partial charge in [0.25, 0.3) is 0 Å². The van der Waals surface area contributed by atoms with Gasteiger partial charge in [-0.15, -0.1) is 12.4 Å². The second-order valence-corrected chi connectivity index (χ2v) is 5.85. The molecular weight excluding hydrogens is 240 g/mol. The van der Waals surface area contributed by atoms with Crippen molar-refractivity contribution >= 4 is 28.2 Å². The maximum absolute atomic E-state index is 11.5. The Hall–Kier alpha value is -0.330. The standard InChI is InChI=1S/C8H16N2O3S.ClH/c1-7-5-9-3-4-10(7)8(11)6-14(2,12)13;/h7,9H,3-6H2,1-2H3;1H/t7-;/m1./s1. The SMILES string of the molecule is C[C@@H]1CNCCN1C(=O)CS(C)(=O)=O.Cl. The molecule has 1 saturated heterocycles. The summed E-state index contributed by atoms with van der Waals surface area (Å²) in [5.41, 5.74) is 0. The van der Waals surface area contributed by atoms with Gasteiger partial charge in [-0.3, -0.25) is 4.79 Å². The summed E-state index contributed by atoms with van der Waals surface area (Å²) in [6.07, 6.45) is 1.08. The number of nitrogens with one attached hydrogen (secondary N) is 1. The molecule has 1 N–H and O–H groups in total. The molecule has 0 bridgehead atoms. The number of rotatable bonds is 2. The Balaban J connectivity index is 0.00000196. The molecule has 0 unspecified atom stereocenters. The predicted octanol–water partition coefficient (Wildman–Crippen LogP) is -0.727. The van der Waals surface area contributed by atoms with Gasteiger partial charge in [0.1, 0.15) is 5.75 Å². The zero-order chi connectivity index (χ0) is 10.8. The molecule has 0 aromatic rings. The first kappa shape index (κ1) is 14.7. The van der Waals surface area contributed by atoms with Crippen molar-refractivity contribution in [3.63, 3.8) is 0 Å². The van der Waals surface area contributed by atoms with Crippen LogP contribution in [0.25, 0.3) is 0 Å². The maximum Gasteiger partial charge on any atom is 0.238 e. The monoisotopic (exact) mass is 256 g/mol. The number of sulfone groups is 1. The normalized spacial score (nSPS) is 22.0. The Labute approximate surface area is 96.5 Å². The largest absolute Gasteiger partial charge is 0.337 e. The zero-order valence-corrected chi connectivity index (χ0v) is 10.5. The van der Waals surface area contributed by atoms with E-state index < -0.39 is 9.84 Å². The van der Waals surface area contributed by atoms with E-state index >= 15 is 0 Å². The lowest BCUT2D eigenvalue weighted by atomic mass is 10.2. The summed E-state index contributed by atoms with van der Waals surface area (Å²) >= 11 is 0. The highest BCUT2D eigenvalue weighted by molar-refractivity contribution is 7.91. The number of carbonyl (C=O) groups excluding carboxylic acids is 1. The molecule has 1 fully saturated rings. The fraction of sp³-hybridized carbons (Fsp3) is 0.875. The van der Waals surface area contributed by atoms with Crippen LogP contribution in [0.15, 0.2) is 0 Å². The van der Waals surface area contributed by atoms with Crippen LogP contribution in [-0.2, 0) is 14.6 Å². The average Bonchev–Trinajstić information content (AvgIpc) is 2.01. The third-order valence-corrected chi connectivity index (χ3v) is 2.98. The zero-order valence-electron chi connectivity index (χ0n) is 8.89. The Kier molecular flexibility index (Phi) is 5.55. The number of nitrogens with zero attached hydrogens (tertiary/aromatic N) is 1. The minimum atomic E-state index is -3.21. The van der Waals surface area contributed by atoms with Crippen LogP contribution in [0.4, 0.5) is 0 Å². The van der Waals surface area contributed by atoms with Gasteiger partial charge in [0.2, 0.25) is 5.91 Å². The van der Waals surface area contributed by atoms with Crippen LogP contribution in [0.3, 0.4) is 0 Å². The lowest BCUT2D eigenvalue weighted by Crippen LogP contribution is -2.53.